The number of para-hydroxylation sites is 2. The van der Waals surface area contributed by atoms with Crippen LogP contribution < -0.4 is 9.64 Å². The van der Waals surface area contributed by atoms with Crippen molar-refractivity contribution in [2.24, 2.45) is 0 Å². The van der Waals surface area contributed by atoms with E-state index in [1.165, 1.54) is 0 Å². The molecule has 0 spiro atoms. The number of rotatable bonds is 5. The summed E-state index contributed by atoms with van der Waals surface area (Å²) in [6.45, 7) is 3.51. The number of carbonyl (C=O) groups is 1. The standard InChI is InChI=1S/C11H15NO2/c1-3-8-12(2)10-6-4-5-7-11(10)14-9-13/h4-7,9H,3,8H2,1-2H3. The van der Waals surface area contributed by atoms with Gasteiger partial charge >= 0.3 is 0 Å². The van der Waals surface area contributed by atoms with Crippen LogP contribution in [0.4, 0.5) is 5.69 Å². The number of benzene rings is 1. The molecule has 0 amide bonds. The highest BCUT2D eigenvalue weighted by atomic mass is 16.5. The lowest BCUT2D eigenvalue weighted by atomic mass is 10.2. The lowest BCUT2D eigenvalue weighted by molar-refractivity contribution is -0.120. The van der Waals surface area contributed by atoms with Gasteiger partial charge in [-0.15, -0.1) is 0 Å². The van der Waals surface area contributed by atoms with Crippen molar-refractivity contribution in [3.8, 4) is 5.75 Å². The highest BCUT2D eigenvalue weighted by molar-refractivity contribution is 5.61. The Morgan fingerprint density at radius 3 is 2.79 bits per heavy atom. The van der Waals surface area contributed by atoms with E-state index in [-0.39, 0.29) is 0 Å². The normalized spacial score (nSPS) is 9.57. The zero-order valence-corrected chi connectivity index (χ0v) is 8.56. The van der Waals surface area contributed by atoms with Crippen molar-refractivity contribution in [1.82, 2.24) is 0 Å². The molecule has 0 N–H and O–H groups in total. The van der Waals surface area contributed by atoms with E-state index in [2.05, 4.69) is 11.8 Å². The van der Waals surface area contributed by atoms with Crippen molar-refractivity contribution >= 4 is 12.2 Å². The summed E-state index contributed by atoms with van der Waals surface area (Å²) >= 11 is 0. The first kappa shape index (κ1) is 10.6. The number of carbonyl (C=O) groups excluding carboxylic acids is 1. The minimum Gasteiger partial charge on any atom is -0.427 e. The van der Waals surface area contributed by atoms with Gasteiger partial charge in [-0.2, -0.15) is 0 Å². The molecule has 0 fully saturated rings. The van der Waals surface area contributed by atoms with Crippen LogP contribution in [-0.2, 0) is 4.79 Å². The van der Waals surface area contributed by atoms with Crippen molar-refractivity contribution in [3.05, 3.63) is 24.3 Å². The van der Waals surface area contributed by atoms with Crippen LogP contribution in [0.15, 0.2) is 24.3 Å². The molecule has 0 unspecified atom stereocenters. The Hall–Kier alpha value is -1.51. The van der Waals surface area contributed by atoms with Gasteiger partial charge in [0.15, 0.2) is 5.75 Å². The average Bonchev–Trinajstić information content (AvgIpc) is 2.19. The molecule has 0 bridgehead atoms. The van der Waals surface area contributed by atoms with Gasteiger partial charge in [0.1, 0.15) is 0 Å². The van der Waals surface area contributed by atoms with E-state index in [1.807, 2.05) is 25.2 Å². The molecule has 14 heavy (non-hydrogen) atoms. The molecule has 0 atom stereocenters. The maximum atomic E-state index is 10.3. The predicted molar refractivity (Wildman–Crippen MR) is 56.7 cm³/mol. The van der Waals surface area contributed by atoms with Crippen LogP contribution in [0.5, 0.6) is 5.75 Å². The quantitative estimate of drug-likeness (QED) is 0.670. The van der Waals surface area contributed by atoms with Gasteiger partial charge in [-0.3, -0.25) is 4.79 Å². The number of ether oxygens (including phenoxy) is 1. The van der Waals surface area contributed by atoms with E-state index in [4.69, 9.17) is 4.74 Å². The highest BCUT2D eigenvalue weighted by Gasteiger charge is 2.06. The third-order valence-electron chi connectivity index (χ3n) is 2.01. The minimum atomic E-state index is 0.457. The molecule has 0 aliphatic carbocycles. The SMILES string of the molecule is CCCN(C)c1ccccc1OC=O. The molecular formula is C11H15NO2. The molecule has 1 aromatic carbocycles. The molecule has 1 rings (SSSR count). The fraction of sp³-hybridized carbons (Fsp3) is 0.364. The van der Waals surface area contributed by atoms with Crippen molar-refractivity contribution in [2.75, 3.05) is 18.5 Å². The van der Waals surface area contributed by atoms with Gasteiger partial charge in [-0.05, 0) is 18.6 Å². The van der Waals surface area contributed by atoms with Gasteiger partial charge in [0, 0.05) is 13.6 Å². The Kier molecular flexibility index (Phi) is 3.98. The maximum Gasteiger partial charge on any atom is 0.298 e. The van der Waals surface area contributed by atoms with Crippen LogP contribution in [-0.4, -0.2) is 20.1 Å². The van der Waals surface area contributed by atoms with Gasteiger partial charge < -0.3 is 9.64 Å². The van der Waals surface area contributed by atoms with Gasteiger partial charge in [0.05, 0.1) is 5.69 Å². The summed E-state index contributed by atoms with van der Waals surface area (Å²) in [6, 6.07) is 7.51. The highest BCUT2D eigenvalue weighted by Crippen LogP contribution is 2.26. The molecule has 0 saturated carbocycles. The zero-order chi connectivity index (χ0) is 10.4. The van der Waals surface area contributed by atoms with E-state index >= 15 is 0 Å². The number of hydrogen-bond donors (Lipinski definition) is 0. The summed E-state index contributed by atoms with van der Waals surface area (Å²) in [7, 11) is 1.98. The number of hydrogen-bond acceptors (Lipinski definition) is 3. The molecule has 0 saturated heterocycles. The number of nitrogens with zero attached hydrogens (tertiary/aromatic N) is 1. The molecule has 3 nitrogen and oxygen atoms in total. The predicted octanol–water partition coefficient (Wildman–Crippen LogP) is 2.07. The maximum absolute atomic E-state index is 10.3. The Labute approximate surface area is 84.3 Å². The molecule has 0 radical (unpaired) electrons. The summed E-state index contributed by atoms with van der Waals surface area (Å²) < 4.78 is 4.88. The van der Waals surface area contributed by atoms with Crippen LogP contribution in [0, 0.1) is 0 Å². The third-order valence-corrected chi connectivity index (χ3v) is 2.01. The average molecular weight is 193 g/mol. The monoisotopic (exact) mass is 193 g/mol. The second-order valence-electron chi connectivity index (χ2n) is 3.10. The van der Waals surface area contributed by atoms with E-state index in [0.717, 1.165) is 18.7 Å². The molecule has 1 aromatic rings. The Bertz CT molecular complexity index is 299. The van der Waals surface area contributed by atoms with Crippen molar-refractivity contribution in [1.29, 1.82) is 0 Å². The van der Waals surface area contributed by atoms with E-state index in [9.17, 15) is 4.79 Å². The summed E-state index contributed by atoms with van der Waals surface area (Å²) in [5.41, 5.74) is 0.946. The lowest BCUT2D eigenvalue weighted by Crippen LogP contribution is -2.18. The summed E-state index contributed by atoms with van der Waals surface area (Å²) in [4.78, 5) is 12.3. The van der Waals surface area contributed by atoms with Gasteiger partial charge in [0.2, 0.25) is 0 Å². The smallest absolute Gasteiger partial charge is 0.298 e. The van der Waals surface area contributed by atoms with E-state index in [1.54, 1.807) is 6.07 Å². The molecule has 0 aromatic heterocycles. The second kappa shape index (κ2) is 5.27. The van der Waals surface area contributed by atoms with Crippen molar-refractivity contribution in [2.45, 2.75) is 13.3 Å². The molecule has 76 valence electrons. The number of anilines is 1. The Balaban J connectivity index is 2.87. The van der Waals surface area contributed by atoms with Gasteiger partial charge in [-0.25, -0.2) is 0 Å². The van der Waals surface area contributed by atoms with E-state index < -0.39 is 0 Å². The molecular weight excluding hydrogens is 178 g/mol. The van der Waals surface area contributed by atoms with Crippen LogP contribution >= 0.6 is 0 Å². The molecule has 0 aliphatic heterocycles. The molecule has 0 heterocycles. The van der Waals surface area contributed by atoms with Crippen molar-refractivity contribution in [3.63, 3.8) is 0 Å². The van der Waals surface area contributed by atoms with Gasteiger partial charge in [-0.1, -0.05) is 19.1 Å². The van der Waals surface area contributed by atoms with Crippen molar-refractivity contribution < 1.29 is 9.53 Å². The van der Waals surface area contributed by atoms with Crippen LogP contribution in [0.25, 0.3) is 0 Å². The first-order chi connectivity index (χ1) is 6.79. The topological polar surface area (TPSA) is 29.5 Å². The fourth-order valence-electron chi connectivity index (χ4n) is 1.38. The first-order valence-electron chi connectivity index (χ1n) is 4.70. The largest absolute Gasteiger partial charge is 0.427 e. The van der Waals surface area contributed by atoms with Crippen LogP contribution in [0.1, 0.15) is 13.3 Å². The van der Waals surface area contributed by atoms with E-state index in [0.29, 0.717) is 12.2 Å². The van der Waals surface area contributed by atoms with Crippen LogP contribution in [0.3, 0.4) is 0 Å². The fourth-order valence-corrected chi connectivity index (χ4v) is 1.38. The molecule has 3 heteroatoms. The summed E-state index contributed by atoms with van der Waals surface area (Å²) in [6.07, 6.45) is 1.06. The molecule has 0 aliphatic rings. The third kappa shape index (κ3) is 2.49. The first-order valence-corrected chi connectivity index (χ1v) is 4.70. The van der Waals surface area contributed by atoms with Crippen LogP contribution in [0.2, 0.25) is 0 Å². The minimum absolute atomic E-state index is 0.457. The zero-order valence-electron chi connectivity index (χ0n) is 8.56. The van der Waals surface area contributed by atoms with Gasteiger partial charge in [0.25, 0.3) is 6.47 Å². The Morgan fingerprint density at radius 1 is 1.43 bits per heavy atom. The lowest BCUT2D eigenvalue weighted by Gasteiger charge is -2.20. The summed E-state index contributed by atoms with van der Waals surface area (Å²) in [5, 5.41) is 0. The second-order valence-corrected chi connectivity index (χ2v) is 3.10. The Morgan fingerprint density at radius 2 is 2.14 bits per heavy atom. The summed E-state index contributed by atoms with van der Waals surface area (Å²) in [5.74, 6) is 0.610.